The minimum atomic E-state index is -0.542. The summed E-state index contributed by atoms with van der Waals surface area (Å²) in [5.74, 6) is -0.823. The topological polar surface area (TPSA) is 35.5 Å². The Morgan fingerprint density at radius 1 is 1.38 bits per heavy atom. The van der Waals surface area contributed by atoms with E-state index in [4.69, 9.17) is 5.11 Å². The third-order valence-electron chi connectivity index (χ3n) is 3.15. The number of nitrogens with one attached hydrogen (secondary N) is 1. The Morgan fingerprint density at radius 3 is 2.69 bits per heavy atom. The van der Waals surface area contributed by atoms with Crippen LogP contribution in [0.3, 0.4) is 0 Å². The van der Waals surface area contributed by atoms with Gasteiger partial charge in [0.05, 0.1) is 0 Å². The Labute approximate surface area is 94.9 Å². The number of hydrogen-bond donors (Lipinski definition) is 2. The maximum Gasteiger partial charge on any atom is 0.165 e. The smallest absolute Gasteiger partial charge is 0.165 e. The van der Waals surface area contributed by atoms with Gasteiger partial charge >= 0.3 is 0 Å². The molecule has 1 atom stereocenters. The summed E-state index contributed by atoms with van der Waals surface area (Å²) in [4.78, 5) is 2.31. The van der Waals surface area contributed by atoms with Crippen molar-refractivity contribution in [3.8, 4) is 5.75 Å². The van der Waals surface area contributed by atoms with Crippen molar-refractivity contribution in [1.29, 1.82) is 0 Å². The molecule has 1 aromatic rings. The number of hydrogen-bond acceptors (Lipinski definition) is 3. The lowest BCUT2D eigenvalue weighted by molar-refractivity contribution is 0.185. The third-order valence-corrected chi connectivity index (χ3v) is 3.15. The Morgan fingerprint density at radius 2 is 2.06 bits per heavy atom. The number of rotatable bonds is 2. The molecule has 1 saturated heterocycles. The molecule has 1 aliphatic rings. The molecule has 0 amide bonds. The summed E-state index contributed by atoms with van der Waals surface area (Å²) >= 11 is 0. The second-order valence-corrected chi connectivity index (χ2v) is 4.17. The van der Waals surface area contributed by atoms with Crippen LogP contribution in [0.15, 0.2) is 18.2 Å². The lowest BCUT2D eigenvalue weighted by Crippen LogP contribution is -2.44. The predicted octanol–water partition coefficient (Wildman–Crippen LogP) is 1.50. The van der Waals surface area contributed by atoms with Gasteiger partial charge in [-0.2, -0.15) is 0 Å². The molecular formula is C12H17FN2O. The van der Waals surface area contributed by atoms with E-state index in [-0.39, 0.29) is 11.8 Å². The number of piperazine rings is 1. The highest BCUT2D eigenvalue weighted by Gasteiger charge is 2.18. The van der Waals surface area contributed by atoms with Gasteiger partial charge in [0, 0.05) is 32.2 Å². The van der Waals surface area contributed by atoms with E-state index in [0.29, 0.717) is 0 Å². The first-order chi connectivity index (χ1) is 7.68. The van der Waals surface area contributed by atoms with Crippen LogP contribution in [0.2, 0.25) is 0 Å². The fourth-order valence-electron chi connectivity index (χ4n) is 2.06. The van der Waals surface area contributed by atoms with Gasteiger partial charge in [-0.05, 0) is 24.6 Å². The average Bonchev–Trinajstić information content (AvgIpc) is 2.33. The standard InChI is InChI=1S/C12H17FN2O/c1-9(15-6-4-14-5-7-15)10-2-3-12(16)11(13)8-10/h2-3,8-9,14,16H,4-7H2,1H3/t9-/m1/s1. The molecule has 1 aromatic carbocycles. The zero-order valence-electron chi connectivity index (χ0n) is 9.41. The summed E-state index contributed by atoms with van der Waals surface area (Å²) in [6.45, 7) is 5.97. The van der Waals surface area contributed by atoms with Crippen LogP contribution >= 0.6 is 0 Å². The van der Waals surface area contributed by atoms with Gasteiger partial charge in [-0.25, -0.2) is 4.39 Å². The molecule has 0 aliphatic carbocycles. The van der Waals surface area contributed by atoms with Gasteiger partial charge in [-0.1, -0.05) is 6.07 Å². The van der Waals surface area contributed by atoms with E-state index in [1.807, 2.05) is 0 Å². The highest BCUT2D eigenvalue weighted by molar-refractivity contribution is 5.29. The number of phenols is 1. The van der Waals surface area contributed by atoms with Crippen molar-refractivity contribution in [2.45, 2.75) is 13.0 Å². The molecule has 0 spiro atoms. The molecule has 1 heterocycles. The minimum Gasteiger partial charge on any atom is -0.505 e. The van der Waals surface area contributed by atoms with Crippen LogP contribution in [-0.2, 0) is 0 Å². The number of aromatic hydroxyl groups is 1. The van der Waals surface area contributed by atoms with Crippen LogP contribution in [0.4, 0.5) is 4.39 Å². The molecule has 2 N–H and O–H groups in total. The zero-order valence-corrected chi connectivity index (χ0v) is 9.41. The second kappa shape index (κ2) is 4.80. The van der Waals surface area contributed by atoms with Crippen molar-refractivity contribution in [2.75, 3.05) is 26.2 Å². The maximum absolute atomic E-state index is 13.2. The zero-order chi connectivity index (χ0) is 11.5. The number of halogens is 1. The summed E-state index contributed by atoms with van der Waals surface area (Å²) in [6.07, 6.45) is 0. The van der Waals surface area contributed by atoms with Crippen molar-refractivity contribution in [2.24, 2.45) is 0 Å². The average molecular weight is 224 g/mol. The lowest BCUT2D eigenvalue weighted by Gasteiger charge is -2.33. The summed E-state index contributed by atoms with van der Waals surface area (Å²) in [6, 6.07) is 4.81. The van der Waals surface area contributed by atoms with E-state index in [1.54, 1.807) is 6.07 Å². The van der Waals surface area contributed by atoms with Crippen LogP contribution in [0.1, 0.15) is 18.5 Å². The summed E-state index contributed by atoms with van der Waals surface area (Å²) < 4.78 is 13.2. The monoisotopic (exact) mass is 224 g/mol. The summed E-state index contributed by atoms with van der Waals surface area (Å²) in [5.41, 5.74) is 0.914. The summed E-state index contributed by atoms with van der Waals surface area (Å²) in [7, 11) is 0. The van der Waals surface area contributed by atoms with Crippen LogP contribution < -0.4 is 5.32 Å². The molecule has 2 rings (SSSR count). The minimum absolute atomic E-state index is 0.192. The SMILES string of the molecule is C[C@H](c1ccc(O)c(F)c1)N1CCNCC1. The van der Waals surface area contributed by atoms with Gasteiger partial charge in [0.25, 0.3) is 0 Å². The normalized spacial score (nSPS) is 19.6. The van der Waals surface area contributed by atoms with E-state index in [1.165, 1.54) is 12.1 Å². The van der Waals surface area contributed by atoms with E-state index < -0.39 is 5.82 Å². The summed E-state index contributed by atoms with van der Waals surface area (Å²) in [5, 5.41) is 12.4. The molecule has 0 radical (unpaired) electrons. The van der Waals surface area contributed by atoms with Gasteiger partial charge in [0.1, 0.15) is 0 Å². The van der Waals surface area contributed by atoms with E-state index >= 15 is 0 Å². The molecule has 88 valence electrons. The van der Waals surface area contributed by atoms with Crippen molar-refractivity contribution in [1.82, 2.24) is 10.2 Å². The Bertz CT molecular complexity index is 364. The third kappa shape index (κ3) is 2.33. The number of benzene rings is 1. The second-order valence-electron chi connectivity index (χ2n) is 4.17. The molecule has 0 saturated carbocycles. The van der Waals surface area contributed by atoms with E-state index in [2.05, 4.69) is 17.1 Å². The van der Waals surface area contributed by atoms with Crippen molar-refractivity contribution in [3.05, 3.63) is 29.6 Å². The molecule has 16 heavy (non-hydrogen) atoms. The number of nitrogens with zero attached hydrogens (tertiary/aromatic N) is 1. The highest BCUT2D eigenvalue weighted by atomic mass is 19.1. The van der Waals surface area contributed by atoms with Crippen LogP contribution in [0.5, 0.6) is 5.75 Å². The first-order valence-corrected chi connectivity index (χ1v) is 5.61. The van der Waals surface area contributed by atoms with Gasteiger partial charge in [-0.15, -0.1) is 0 Å². The van der Waals surface area contributed by atoms with E-state index in [9.17, 15) is 4.39 Å². The maximum atomic E-state index is 13.2. The van der Waals surface area contributed by atoms with Crippen molar-refractivity contribution >= 4 is 0 Å². The Hall–Kier alpha value is -1.13. The first kappa shape index (κ1) is 11.4. The van der Waals surface area contributed by atoms with Gasteiger partial charge in [-0.3, -0.25) is 4.90 Å². The number of phenolic OH excluding ortho intramolecular Hbond substituents is 1. The molecule has 1 fully saturated rings. The molecule has 4 heteroatoms. The van der Waals surface area contributed by atoms with Crippen molar-refractivity contribution in [3.63, 3.8) is 0 Å². The fourth-order valence-corrected chi connectivity index (χ4v) is 2.06. The van der Waals surface area contributed by atoms with Crippen LogP contribution in [0.25, 0.3) is 0 Å². The first-order valence-electron chi connectivity index (χ1n) is 5.61. The lowest BCUT2D eigenvalue weighted by atomic mass is 10.1. The molecule has 0 unspecified atom stereocenters. The predicted molar refractivity (Wildman–Crippen MR) is 60.9 cm³/mol. The van der Waals surface area contributed by atoms with Crippen LogP contribution in [0, 0.1) is 5.82 Å². The largest absolute Gasteiger partial charge is 0.505 e. The highest BCUT2D eigenvalue weighted by Crippen LogP contribution is 2.24. The Kier molecular flexibility index (Phi) is 3.41. The van der Waals surface area contributed by atoms with Crippen molar-refractivity contribution < 1.29 is 9.50 Å². The quantitative estimate of drug-likeness (QED) is 0.799. The molecule has 1 aliphatic heterocycles. The Balaban J connectivity index is 2.12. The molecule has 0 bridgehead atoms. The molecular weight excluding hydrogens is 207 g/mol. The van der Waals surface area contributed by atoms with Gasteiger partial charge in [0.15, 0.2) is 11.6 Å². The van der Waals surface area contributed by atoms with Crippen LogP contribution in [-0.4, -0.2) is 36.2 Å². The van der Waals surface area contributed by atoms with E-state index in [0.717, 1.165) is 31.7 Å². The molecule has 3 nitrogen and oxygen atoms in total. The molecule has 0 aromatic heterocycles. The van der Waals surface area contributed by atoms with Gasteiger partial charge in [0.2, 0.25) is 0 Å². The van der Waals surface area contributed by atoms with Gasteiger partial charge < -0.3 is 10.4 Å². The fraction of sp³-hybridized carbons (Fsp3) is 0.500.